The van der Waals surface area contributed by atoms with Gasteiger partial charge in [0.2, 0.25) is 0 Å². The van der Waals surface area contributed by atoms with Crippen LogP contribution >= 0.6 is 11.3 Å². The zero-order valence-electron chi connectivity index (χ0n) is 12.4. The first-order valence-corrected chi connectivity index (χ1v) is 7.64. The number of rotatable bonds is 2. The van der Waals surface area contributed by atoms with Crippen LogP contribution in [-0.4, -0.2) is 28.3 Å². The molecule has 110 valence electrons. The number of thiazole rings is 1. The lowest BCUT2D eigenvalue weighted by atomic mass is 9.79. The van der Waals surface area contributed by atoms with Crippen molar-refractivity contribution in [3.05, 3.63) is 29.0 Å². The maximum atomic E-state index is 14.4. The Kier molecular flexibility index (Phi) is 3.39. The summed E-state index contributed by atoms with van der Waals surface area (Å²) in [5, 5.41) is 1.83. The molecule has 4 nitrogen and oxygen atoms in total. The quantitative estimate of drug-likeness (QED) is 0.800. The van der Waals surface area contributed by atoms with E-state index in [0.717, 1.165) is 0 Å². The molecule has 1 aliphatic heterocycles. The molecule has 1 aliphatic rings. The van der Waals surface area contributed by atoms with E-state index in [9.17, 15) is 4.39 Å². The van der Waals surface area contributed by atoms with Crippen LogP contribution in [0, 0.1) is 5.82 Å². The number of nitrogens with zero attached hydrogens (tertiary/aromatic N) is 2. The Morgan fingerprint density at radius 1 is 1.10 bits per heavy atom. The highest BCUT2D eigenvalue weighted by Gasteiger charge is 2.52. The Labute approximate surface area is 127 Å². The van der Waals surface area contributed by atoms with Crippen molar-refractivity contribution >= 4 is 23.9 Å². The standard InChI is InChI=1S/C14H16BFN2O2S/c1-13(2)14(3,4)20-15(19-13)9-6-17-11(5-10(9)16)12-7-21-8-18-12/h5-8H,1-4H3. The summed E-state index contributed by atoms with van der Waals surface area (Å²) in [4.78, 5) is 8.39. The third kappa shape index (κ3) is 2.50. The van der Waals surface area contributed by atoms with E-state index in [1.807, 2.05) is 33.1 Å². The van der Waals surface area contributed by atoms with Gasteiger partial charge >= 0.3 is 7.12 Å². The van der Waals surface area contributed by atoms with Gasteiger partial charge in [0.1, 0.15) is 5.82 Å². The number of pyridine rings is 1. The highest BCUT2D eigenvalue weighted by molar-refractivity contribution is 7.07. The fourth-order valence-electron chi connectivity index (χ4n) is 2.06. The van der Waals surface area contributed by atoms with E-state index in [-0.39, 0.29) is 0 Å². The molecule has 0 spiro atoms. The van der Waals surface area contributed by atoms with Crippen molar-refractivity contribution in [2.24, 2.45) is 0 Å². The molecule has 0 aliphatic carbocycles. The minimum Gasteiger partial charge on any atom is -0.399 e. The van der Waals surface area contributed by atoms with Gasteiger partial charge in [0.15, 0.2) is 0 Å². The fourth-order valence-corrected chi connectivity index (χ4v) is 2.61. The monoisotopic (exact) mass is 306 g/mol. The molecule has 0 saturated carbocycles. The summed E-state index contributed by atoms with van der Waals surface area (Å²) in [7, 11) is -0.744. The minimum absolute atomic E-state index is 0.313. The summed E-state index contributed by atoms with van der Waals surface area (Å²) in [6, 6.07) is 1.37. The largest absolute Gasteiger partial charge is 0.499 e. The summed E-state index contributed by atoms with van der Waals surface area (Å²) < 4.78 is 26.1. The molecular weight excluding hydrogens is 290 g/mol. The smallest absolute Gasteiger partial charge is 0.399 e. The molecule has 21 heavy (non-hydrogen) atoms. The lowest BCUT2D eigenvalue weighted by Crippen LogP contribution is -2.41. The average Bonchev–Trinajstić information content (AvgIpc) is 2.96. The lowest BCUT2D eigenvalue weighted by Gasteiger charge is -2.32. The molecule has 0 atom stereocenters. The zero-order chi connectivity index (χ0) is 15.3. The maximum Gasteiger partial charge on any atom is 0.499 e. The van der Waals surface area contributed by atoms with E-state index in [1.165, 1.54) is 23.6 Å². The Hall–Kier alpha value is -1.31. The Bertz CT molecular complexity index is 645. The first kappa shape index (κ1) is 14.6. The van der Waals surface area contributed by atoms with E-state index in [1.54, 1.807) is 5.51 Å². The molecule has 0 unspecified atom stereocenters. The second kappa shape index (κ2) is 4.86. The number of aromatic nitrogens is 2. The highest BCUT2D eigenvalue weighted by atomic mass is 32.1. The number of halogens is 1. The third-order valence-electron chi connectivity index (χ3n) is 4.08. The molecular formula is C14H16BFN2O2S. The van der Waals surface area contributed by atoms with Crippen LogP contribution in [0.1, 0.15) is 27.7 Å². The van der Waals surface area contributed by atoms with Crippen LogP contribution < -0.4 is 5.46 Å². The van der Waals surface area contributed by atoms with Gasteiger partial charge in [-0.2, -0.15) is 0 Å². The van der Waals surface area contributed by atoms with Gasteiger partial charge in [0, 0.05) is 23.1 Å². The van der Waals surface area contributed by atoms with Gasteiger partial charge in [-0.25, -0.2) is 9.37 Å². The summed E-state index contributed by atoms with van der Waals surface area (Å²) in [6.45, 7) is 7.73. The Morgan fingerprint density at radius 3 is 2.29 bits per heavy atom. The zero-order valence-corrected chi connectivity index (χ0v) is 13.2. The van der Waals surface area contributed by atoms with E-state index >= 15 is 0 Å². The van der Waals surface area contributed by atoms with E-state index in [4.69, 9.17) is 9.31 Å². The van der Waals surface area contributed by atoms with Crippen LogP contribution in [0.25, 0.3) is 11.4 Å². The first-order chi connectivity index (χ1) is 9.80. The van der Waals surface area contributed by atoms with Crippen molar-refractivity contribution < 1.29 is 13.7 Å². The second-order valence-corrected chi connectivity index (χ2v) is 6.77. The number of hydrogen-bond donors (Lipinski definition) is 0. The second-order valence-electron chi connectivity index (χ2n) is 6.05. The molecule has 0 N–H and O–H groups in total. The topological polar surface area (TPSA) is 44.2 Å². The Morgan fingerprint density at radius 2 is 1.76 bits per heavy atom. The van der Waals surface area contributed by atoms with Crippen molar-refractivity contribution in [3.63, 3.8) is 0 Å². The molecule has 0 aromatic carbocycles. The molecule has 3 rings (SSSR count). The van der Waals surface area contributed by atoms with Gasteiger partial charge in [0.25, 0.3) is 0 Å². The van der Waals surface area contributed by atoms with Gasteiger partial charge in [0.05, 0.1) is 28.1 Å². The number of hydrogen-bond acceptors (Lipinski definition) is 5. The van der Waals surface area contributed by atoms with Crippen LogP contribution in [0.3, 0.4) is 0 Å². The van der Waals surface area contributed by atoms with Crippen molar-refractivity contribution in [1.29, 1.82) is 0 Å². The van der Waals surface area contributed by atoms with Crippen LogP contribution in [0.4, 0.5) is 4.39 Å². The van der Waals surface area contributed by atoms with Crippen LogP contribution in [0.5, 0.6) is 0 Å². The lowest BCUT2D eigenvalue weighted by molar-refractivity contribution is 0.00578. The molecule has 1 fully saturated rings. The first-order valence-electron chi connectivity index (χ1n) is 6.70. The average molecular weight is 306 g/mol. The third-order valence-corrected chi connectivity index (χ3v) is 4.67. The van der Waals surface area contributed by atoms with E-state index < -0.39 is 24.1 Å². The fraction of sp³-hybridized carbons (Fsp3) is 0.429. The van der Waals surface area contributed by atoms with Gasteiger partial charge in [-0.05, 0) is 27.7 Å². The molecule has 3 heterocycles. The molecule has 0 amide bonds. The van der Waals surface area contributed by atoms with E-state index in [0.29, 0.717) is 16.9 Å². The van der Waals surface area contributed by atoms with Crippen LogP contribution in [-0.2, 0) is 9.31 Å². The highest BCUT2D eigenvalue weighted by Crippen LogP contribution is 2.36. The normalized spacial score (nSPS) is 20.0. The summed E-state index contributed by atoms with van der Waals surface area (Å²) in [5.74, 6) is -0.397. The van der Waals surface area contributed by atoms with Crippen LogP contribution in [0.15, 0.2) is 23.2 Å². The van der Waals surface area contributed by atoms with Crippen molar-refractivity contribution in [1.82, 2.24) is 9.97 Å². The molecule has 7 heteroatoms. The molecule has 2 aromatic rings. The Balaban J connectivity index is 1.91. The predicted octanol–water partition coefficient (Wildman–Crippen LogP) is 2.64. The van der Waals surface area contributed by atoms with Crippen molar-refractivity contribution in [3.8, 4) is 11.4 Å². The molecule has 1 saturated heterocycles. The van der Waals surface area contributed by atoms with Gasteiger partial charge in [-0.1, -0.05) is 0 Å². The van der Waals surface area contributed by atoms with E-state index in [2.05, 4.69) is 9.97 Å². The molecule has 2 aromatic heterocycles. The summed E-state index contributed by atoms with van der Waals surface area (Å²) >= 11 is 1.45. The predicted molar refractivity (Wildman–Crippen MR) is 81.0 cm³/mol. The van der Waals surface area contributed by atoms with Crippen LogP contribution in [0.2, 0.25) is 0 Å². The molecule has 0 bridgehead atoms. The minimum atomic E-state index is -0.744. The van der Waals surface area contributed by atoms with Gasteiger partial charge in [-0.15, -0.1) is 11.3 Å². The van der Waals surface area contributed by atoms with Gasteiger partial charge in [-0.3, -0.25) is 4.98 Å². The maximum absolute atomic E-state index is 14.4. The SMILES string of the molecule is CC1(C)OB(c2cnc(-c3cscn3)cc2F)OC1(C)C. The van der Waals surface area contributed by atoms with Crippen molar-refractivity contribution in [2.45, 2.75) is 38.9 Å². The summed E-state index contributed by atoms with van der Waals surface area (Å²) in [6.07, 6.45) is 1.46. The summed E-state index contributed by atoms with van der Waals surface area (Å²) in [5.41, 5.74) is 2.17. The van der Waals surface area contributed by atoms with Gasteiger partial charge < -0.3 is 9.31 Å². The van der Waals surface area contributed by atoms with Crippen molar-refractivity contribution in [2.75, 3.05) is 0 Å². The molecule has 0 radical (unpaired) electrons.